The molecule has 4 heteroatoms. The summed E-state index contributed by atoms with van der Waals surface area (Å²) in [6.45, 7) is 7.50. The Kier molecular flexibility index (Phi) is 3.24. The van der Waals surface area contributed by atoms with Crippen molar-refractivity contribution in [1.82, 2.24) is 4.90 Å². The highest BCUT2D eigenvalue weighted by Gasteiger charge is 2.61. The van der Waals surface area contributed by atoms with Gasteiger partial charge in [0.05, 0.1) is 6.61 Å². The van der Waals surface area contributed by atoms with Crippen LogP contribution in [0.3, 0.4) is 0 Å². The molecule has 4 rings (SSSR count). The fraction of sp³-hybridized carbons (Fsp3) is 0.632. The average molecular weight is 315 g/mol. The fourth-order valence-corrected chi connectivity index (χ4v) is 4.62. The monoisotopic (exact) mass is 315 g/mol. The van der Waals surface area contributed by atoms with E-state index in [0.29, 0.717) is 12.5 Å². The van der Waals surface area contributed by atoms with Crippen LogP contribution in [-0.2, 0) is 9.53 Å². The standard InChI is InChI=1S/C19H25NO3/c1-18(2,3)23-17(21)19-9-6-10-20(19)16-13(11-19)12-22-15-8-5-4-7-14(15)16/h4-5,7-8,13,16H,6,9-12H2,1-3H3/t13-,16-,19-/m0/s1. The number of hydrogen-bond donors (Lipinski definition) is 0. The molecular weight excluding hydrogens is 290 g/mol. The Balaban J connectivity index is 1.71. The van der Waals surface area contributed by atoms with E-state index in [1.807, 2.05) is 32.9 Å². The molecule has 0 N–H and O–H groups in total. The molecule has 3 aliphatic heterocycles. The fourth-order valence-electron chi connectivity index (χ4n) is 4.62. The van der Waals surface area contributed by atoms with Crippen molar-refractivity contribution in [2.45, 2.75) is 57.2 Å². The molecule has 0 unspecified atom stereocenters. The van der Waals surface area contributed by atoms with E-state index < -0.39 is 11.1 Å². The second-order valence-electron chi connectivity index (χ2n) is 8.09. The number of fused-ring (bicyclic) bond motifs is 5. The molecule has 0 bridgehead atoms. The van der Waals surface area contributed by atoms with Crippen molar-refractivity contribution in [3.8, 4) is 5.75 Å². The quantitative estimate of drug-likeness (QED) is 0.745. The van der Waals surface area contributed by atoms with Crippen LogP contribution in [0.2, 0.25) is 0 Å². The third-order valence-electron chi connectivity index (χ3n) is 5.39. The van der Waals surface area contributed by atoms with Gasteiger partial charge in [0.25, 0.3) is 0 Å². The van der Waals surface area contributed by atoms with Gasteiger partial charge in [0.1, 0.15) is 16.9 Å². The van der Waals surface area contributed by atoms with Gasteiger partial charge in [-0.3, -0.25) is 9.69 Å². The highest BCUT2D eigenvalue weighted by molar-refractivity contribution is 5.82. The van der Waals surface area contributed by atoms with Crippen molar-refractivity contribution in [1.29, 1.82) is 0 Å². The van der Waals surface area contributed by atoms with Crippen molar-refractivity contribution >= 4 is 5.97 Å². The predicted octanol–water partition coefficient (Wildman–Crippen LogP) is 3.32. The molecule has 23 heavy (non-hydrogen) atoms. The molecule has 1 aromatic rings. The minimum atomic E-state index is -0.455. The van der Waals surface area contributed by atoms with Crippen LogP contribution in [0, 0.1) is 5.92 Å². The van der Waals surface area contributed by atoms with Gasteiger partial charge in [-0.1, -0.05) is 18.2 Å². The summed E-state index contributed by atoms with van der Waals surface area (Å²) in [5.74, 6) is 1.30. The first-order valence-electron chi connectivity index (χ1n) is 8.63. The van der Waals surface area contributed by atoms with E-state index in [2.05, 4.69) is 17.0 Å². The maximum atomic E-state index is 13.0. The average Bonchev–Trinajstić information content (AvgIpc) is 3.02. The van der Waals surface area contributed by atoms with E-state index in [-0.39, 0.29) is 12.0 Å². The number of nitrogens with zero attached hydrogens (tertiary/aromatic N) is 1. The smallest absolute Gasteiger partial charge is 0.327 e. The lowest BCUT2D eigenvalue weighted by molar-refractivity contribution is -0.167. The number of rotatable bonds is 1. The normalized spacial score (nSPS) is 32.7. The van der Waals surface area contributed by atoms with Crippen molar-refractivity contribution in [2.75, 3.05) is 13.2 Å². The minimum Gasteiger partial charge on any atom is -0.493 e. The van der Waals surface area contributed by atoms with Gasteiger partial charge < -0.3 is 9.47 Å². The Morgan fingerprint density at radius 2 is 2.13 bits per heavy atom. The van der Waals surface area contributed by atoms with Crippen LogP contribution in [0.25, 0.3) is 0 Å². The predicted molar refractivity (Wildman–Crippen MR) is 87.3 cm³/mol. The largest absolute Gasteiger partial charge is 0.493 e. The summed E-state index contributed by atoms with van der Waals surface area (Å²) >= 11 is 0. The van der Waals surface area contributed by atoms with Gasteiger partial charge in [0.15, 0.2) is 0 Å². The molecule has 4 nitrogen and oxygen atoms in total. The lowest BCUT2D eigenvalue weighted by Gasteiger charge is -2.36. The molecule has 0 amide bonds. The first kappa shape index (κ1) is 15.0. The second kappa shape index (κ2) is 4.97. The Hall–Kier alpha value is -1.55. The Labute approximate surface area is 137 Å². The first-order valence-corrected chi connectivity index (χ1v) is 8.63. The molecule has 1 aromatic carbocycles. The molecule has 0 saturated carbocycles. The molecule has 124 valence electrons. The minimum absolute atomic E-state index is 0.0469. The summed E-state index contributed by atoms with van der Waals surface area (Å²) in [6, 6.07) is 8.55. The highest BCUT2D eigenvalue weighted by Crippen LogP contribution is 2.55. The number of para-hydroxylation sites is 1. The molecule has 3 heterocycles. The summed E-state index contributed by atoms with van der Waals surface area (Å²) in [5, 5.41) is 0. The molecule has 0 spiro atoms. The van der Waals surface area contributed by atoms with Crippen LogP contribution in [0.5, 0.6) is 5.75 Å². The van der Waals surface area contributed by atoms with E-state index >= 15 is 0 Å². The van der Waals surface area contributed by atoms with Gasteiger partial charge in [-0.25, -0.2) is 0 Å². The molecule has 2 fully saturated rings. The molecular formula is C19H25NO3. The van der Waals surface area contributed by atoms with Gasteiger partial charge >= 0.3 is 5.97 Å². The summed E-state index contributed by atoms with van der Waals surface area (Å²) in [4.78, 5) is 15.4. The third-order valence-corrected chi connectivity index (χ3v) is 5.39. The van der Waals surface area contributed by atoms with E-state index in [1.54, 1.807) is 0 Å². The van der Waals surface area contributed by atoms with Gasteiger partial charge in [0, 0.05) is 17.5 Å². The number of benzene rings is 1. The van der Waals surface area contributed by atoms with Crippen molar-refractivity contribution < 1.29 is 14.3 Å². The molecule has 0 aliphatic carbocycles. The Morgan fingerprint density at radius 3 is 2.91 bits per heavy atom. The van der Waals surface area contributed by atoms with Crippen LogP contribution >= 0.6 is 0 Å². The van der Waals surface area contributed by atoms with E-state index in [9.17, 15) is 4.79 Å². The summed E-state index contributed by atoms with van der Waals surface area (Å²) in [7, 11) is 0. The summed E-state index contributed by atoms with van der Waals surface area (Å²) in [5.41, 5.74) is 0.335. The number of carbonyl (C=O) groups is 1. The van der Waals surface area contributed by atoms with Crippen molar-refractivity contribution in [2.24, 2.45) is 5.92 Å². The zero-order valence-electron chi connectivity index (χ0n) is 14.2. The zero-order chi connectivity index (χ0) is 16.2. The van der Waals surface area contributed by atoms with Gasteiger partial charge in [-0.05, 0) is 52.6 Å². The molecule has 0 radical (unpaired) electrons. The van der Waals surface area contributed by atoms with Gasteiger partial charge in [-0.15, -0.1) is 0 Å². The number of carbonyl (C=O) groups excluding carboxylic acids is 1. The Bertz CT molecular complexity index is 636. The molecule has 0 aromatic heterocycles. The SMILES string of the molecule is CC(C)(C)OC(=O)[C@@]12CCCN1[C@@H]1c3ccccc3OC[C@@H]1C2. The first-order chi connectivity index (χ1) is 10.9. The van der Waals surface area contributed by atoms with E-state index in [1.165, 1.54) is 5.56 Å². The maximum Gasteiger partial charge on any atom is 0.327 e. The van der Waals surface area contributed by atoms with Crippen LogP contribution in [0.15, 0.2) is 24.3 Å². The number of ether oxygens (including phenoxy) is 2. The van der Waals surface area contributed by atoms with Crippen LogP contribution in [0.1, 0.15) is 51.6 Å². The molecule has 3 atom stereocenters. The lowest BCUT2D eigenvalue weighted by atomic mass is 9.86. The third kappa shape index (κ3) is 2.26. The summed E-state index contributed by atoms with van der Waals surface area (Å²) < 4.78 is 11.7. The highest BCUT2D eigenvalue weighted by atomic mass is 16.6. The van der Waals surface area contributed by atoms with Gasteiger partial charge in [0.2, 0.25) is 0 Å². The van der Waals surface area contributed by atoms with Crippen molar-refractivity contribution in [3.63, 3.8) is 0 Å². The van der Waals surface area contributed by atoms with E-state index in [0.717, 1.165) is 31.6 Å². The number of hydrogen-bond acceptors (Lipinski definition) is 4. The van der Waals surface area contributed by atoms with Crippen LogP contribution in [-0.4, -0.2) is 35.2 Å². The van der Waals surface area contributed by atoms with Crippen LogP contribution < -0.4 is 4.74 Å². The maximum absolute atomic E-state index is 13.0. The summed E-state index contributed by atoms with van der Waals surface area (Å²) in [6.07, 6.45) is 2.81. The number of esters is 1. The van der Waals surface area contributed by atoms with E-state index in [4.69, 9.17) is 9.47 Å². The van der Waals surface area contributed by atoms with Crippen molar-refractivity contribution in [3.05, 3.63) is 29.8 Å². The van der Waals surface area contributed by atoms with Gasteiger partial charge in [-0.2, -0.15) is 0 Å². The second-order valence-corrected chi connectivity index (χ2v) is 8.09. The Morgan fingerprint density at radius 1 is 1.35 bits per heavy atom. The molecule has 2 saturated heterocycles. The zero-order valence-corrected chi connectivity index (χ0v) is 14.2. The topological polar surface area (TPSA) is 38.8 Å². The van der Waals surface area contributed by atoms with Crippen LogP contribution in [0.4, 0.5) is 0 Å². The molecule has 3 aliphatic rings. The lowest BCUT2D eigenvalue weighted by Crippen LogP contribution is -2.49.